The van der Waals surface area contributed by atoms with E-state index in [9.17, 15) is 0 Å². The second kappa shape index (κ2) is 8.58. The molecular weight excluding hydrogens is 380 g/mol. The fraction of sp³-hybridized carbons (Fsp3) is 0.381. The number of aromatic nitrogens is 4. The minimum absolute atomic E-state index is 0.271. The number of nitrogens with two attached hydrogens (primary N) is 1. The van der Waals surface area contributed by atoms with Crippen molar-refractivity contribution in [2.75, 3.05) is 56.3 Å². The number of benzene rings is 1. The normalized spacial score (nSPS) is 15.6. The van der Waals surface area contributed by atoms with Crippen molar-refractivity contribution in [3.05, 3.63) is 47.8 Å². The number of rotatable bonds is 6. The Morgan fingerprint density at radius 2 is 1.97 bits per heavy atom. The van der Waals surface area contributed by atoms with Crippen molar-refractivity contribution in [1.82, 2.24) is 24.5 Å². The maximum absolute atomic E-state index is 6.12. The summed E-state index contributed by atoms with van der Waals surface area (Å²) in [4.78, 5) is 13.8. The lowest BCUT2D eigenvalue weighted by Crippen LogP contribution is -2.44. The Kier molecular flexibility index (Phi) is 5.71. The van der Waals surface area contributed by atoms with Crippen LogP contribution in [0.5, 0.6) is 0 Å². The van der Waals surface area contributed by atoms with Crippen LogP contribution in [-0.4, -0.2) is 64.8 Å². The van der Waals surface area contributed by atoms with Crippen LogP contribution in [0.4, 0.5) is 17.5 Å². The van der Waals surface area contributed by atoms with Gasteiger partial charge in [-0.05, 0) is 31.7 Å². The number of para-hydroxylation sites is 1. The summed E-state index contributed by atoms with van der Waals surface area (Å²) in [5.41, 5.74) is 9.21. The fourth-order valence-corrected chi connectivity index (χ4v) is 3.65. The van der Waals surface area contributed by atoms with E-state index in [1.165, 1.54) is 15.8 Å². The first kappa shape index (κ1) is 20.0. The lowest BCUT2D eigenvalue weighted by molar-refractivity contribution is 0.312. The van der Waals surface area contributed by atoms with E-state index >= 15 is 0 Å². The Bertz CT molecular complexity index is 1050. The molecule has 1 saturated heterocycles. The molecule has 0 spiro atoms. The van der Waals surface area contributed by atoms with Crippen LogP contribution in [0.2, 0.25) is 0 Å². The van der Waals surface area contributed by atoms with Gasteiger partial charge in [0.05, 0.1) is 7.11 Å². The summed E-state index contributed by atoms with van der Waals surface area (Å²) in [5.74, 6) is 2.00. The Morgan fingerprint density at radius 3 is 2.70 bits per heavy atom. The Hall–Kier alpha value is -3.33. The summed E-state index contributed by atoms with van der Waals surface area (Å²) >= 11 is 0. The summed E-state index contributed by atoms with van der Waals surface area (Å²) in [6, 6.07) is 10.3. The molecule has 0 aliphatic carbocycles. The average Bonchev–Trinajstić information content (AvgIpc) is 3.18. The topological polar surface area (TPSA) is 96.8 Å². The van der Waals surface area contributed by atoms with Crippen LogP contribution < -0.4 is 16.0 Å². The number of allylic oxidation sites excluding steroid dienone is 1. The molecule has 1 aromatic carbocycles. The monoisotopic (exact) mass is 408 g/mol. The van der Waals surface area contributed by atoms with E-state index in [2.05, 4.69) is 61.5 Å². The third-order valence-electron chi connectivity index (χ3n) is 5.35. The minimum atomic E-state index is 0.271. The molecular formula is C21H28N8O. The molecule has 3 heterocycles. The van der Waals surface area contributed by atoms with Gasteiger partial charge in [0.2, 0.25) is 11.8 Å². The zero-order chi connectivity index (χ0) is 21.1. The van der Waals surface area contributed by atoms with Crippen LogP contribution in [0.1, 0.15) is 18.3 Å². The van der Waals surface area contributed by atoms with Gasteiger partial charge >= 0.3 is 0 Å². The van der Waals surface area contributed by atoms with Crippen molar-refractivity contribution in [1.29, 1.82) is 0 Å². The first-order chi connectivity index (χ1) is 14.6. The van der Waals surface area contributed by atoms with E-state index < -0.39 is 0 Å². The minimum Gasteiger partial charge on any atom is -0.493 e. The summed E-state index contributed by atoms with van der Waals surface area (Å²) in [7, 11) is 3.76. The van der Waals surface area contributed by atoms with Gasteiger partial charge in [-0.2, -0.15) is 9.50 Å². The van der Waals surface area contributed by atoms with E-state index in [-0.39, 0.29) is 5.95 Å². The van der Waals surface area contributed by atoms with Crippen LogP contribution in [-0.2, 0) is 11.3 Å². The number of nitrogens with zero attached hydrogens (tertiary/aromatic N) is 6. The van der Waals surface area contributed by atoms with E-state index in [1.807, 2.05) is 19.1 Å². The number of piperazine rings is 1. The van der Waals surface area contributed by atoms with Gasteiger partial charge in [0.15, 0.2) is 11.4 Å². The van der Waals surface area contributed by atoms with Crippen molar-refractivity contribution >= 4 is 28.9 Å². The van der Waals surface area contributed by atoms with Gasteiger partial charge in [0, 0.05) is 44.5 Å². The summed E-state index contributed by atoms with van der Waals surface area (Å²) in [6.45, 7) is 6.71. The molecule has 1 aliphatic heterocycles. The van der Waals surface area contributed by atoms with Crippen LogP contribution >= 0.6 is 0 Å². The molecule has 1 fully saturated rings. The molecule has 158 valence electrons. The van der Waals surface area contributed by atoms with Gasteiger partial charge in [0.1, 0.15) is 5.82 Å². The zero-order valence-electron chi connectivity index (χ0n) is 17.7. The van der Waals surface area contributed by atoms with Crippen LogP contribution in [0.3, 0.4) is 0 Å². The van der Waals surface area contributed by atoms with Crippen LogP contribution in [0.15, 0.2) is 36.4 Å². The molecule has 1 aliphatic rings. The van der Waals surface area contributed by atoms with Gasteiger partial charge in [-0.25, -0.2) is 4.98 Å². The maximum Gasteiger partial charge on any atom is 0.225 e. The van der Waals surface area contributed by atoms with Gasteiger partial charge in [-0.15, -0.1) is 5.10 Å². The molecule has 0 atom stereocenters. The number of likely N-dealkylation sites (N-methyl/N-ethyl adjacent to an activating group) is 1. The summed E-state index contributed by atoms with van der Waals surface area (Å²) in [6.07, 6.45) is 1.81. The first-order valence-electron chi connectivity index (χ1n) is 10.1. The largest absolute Gasteiger partial charge is 0.493 e. The van der Waals surface area contributed by atoms with E-state index in [0.717, 1.165) is 26.2 Å². The number of hydrogen-bond acceptors (Lipinski definition) is 8. The molecule has 3 N–H and O–H groups in total. The zero-order valence-corrected chi connectivity index (χ0v) is 17.7. The third-order valence-corrected chi connectivity index (χ3v) is 5.35. The molecule has 2 aromatic heterocycles. The standard InChI is InChI=1S/C21H28N8O/c1-4-17(30-3)20-25-19-13-18(24-21(22)29(19)26-20)23-14-15-7-5-6-8-16(15)28-11-9-27(2)10-12-28/h4-8,13,23H,9-12,14H2,1-3H3,(H2,22,24)/b17-4-. The van der Waals surface area contributed by atoms with Crippen molar-refractivity contribution in [3.63, 3.8) is 0 Å². The molecule has 9 nitrogen and oxygen atoms in total. The Labute approximate surface area is 176 Å². The molecule has 0 unspecified atom stereocenters. The number of fused-ring (bicyclic) bond motifs is 1. The molecule has 9 heteroatoms. The van der Waals surface area contributed by atoms with Crippen molar-refractivity contribution < 1.29 is 4.74 Å². The van der Waals surface area contributed by atoms with Gasteiger partial charge in [-0.3, -0.25) is 0 Å². The Morgan fingerprint density at radius 1 is 1.20 bits per heavy atom. The number of ether oxygens (including phenoxy) is 1. The number of hydrogen-bond donors (Lipinski definition) is 2. The van der Waals surface area contributed by atoms with Crippen LogP contribution in [0, 0.1) is 0 Å². The number of anilines is 3. The SMILES string of the molecule is C/C=C(\OC)c1nc2cc(NCc3ccccc3N3CCN(C)CC3)nc(N)n2n1. The van der Waals surface area contributed by atoms with Crippen molar-refractivity contribution in [2.24, 2.45) is 0 Å². The summed E-state index contributed by atoms with van der Waals surface area (Å²) < 4.78 is 6.82. The number of methoxy groups -OCH3 is 1. The molecule has 4 rings (SSSR count). The van der Waals surface area contributed by atoms with Gasteiger partial charge in [-0.1, -0.05) is 18.2 Å². The lowest BCUT2D eigenvalue weighted by Gasteiger charge is -2.35. The highest BCUT2D eigenvalue weighted by Gasteiger charge is 2.17. The maximum atomic E-state index is 6.12. The second-order valence-electron chi connectivity index (χ2n) is 7.33. The van der Waals surface area contributed by atoms with E-state index in [0.29, 0.717) is 29.6 Å². The lowest BCUT2D eigenvalue weighted by atomic mass is 10.1. The highest BCUT2D eigenvalue weighted by Crippen LogP contribution is 2.23. The Balaban J connectivity index is 1.54. The number of nitrogen functional groups attached to an aromatic ring is 1. The van der Waals surface area contributed by atoms with E-state index in [4.69, 9.17) is 10.5 Å². The predicted octanol–water partition coefficient (Wildman–Crippen LogP) is 2.08. The quantitative estimate of drug-likeness (QED) is 0.599. The highest BCUT2D eigenvalue weighted by molar-refractivity contribution is 5.60. The predicted molar refractivity (Wildman–Crippen MR) is 119 cm³/mol. The van der Waals surface area contributed by atoms with E-state index in [1.54, 1.807) is 7.11 Å². The van der Waals surface area contributed by atoms with Gasteiger partial charge in [0.25, 0.3) is 0 Å². The molecule has 30 heavy (non-hydrogen) atoms. The fourth-order valence-electron chi connectivity index (χ4n) is 3.65. The molecule has 0 saturated carbocycles. The smallest absolute Gasteiger partial charge is 0.225 e. The first-order valence-corrected chi connectivity index (χ1v) is 10.1. The molecule has 0 radical (unpaired) electrons. The van der Waals surface area contributed by atoms with Crippen molar-refractivity contribution in [2.45, 2.75) is 13.5 Å². The second-order valence-corrected chi connectivity index (χ2v) is 7.33. The van der Waals surface area contributed by atoms with Gasteiger partial charge < -0.3 is 25.6 Å². The van der Waals surface area contributed by atoms with Crippen LogP contribution in [0.25, 0.3) is 11.4 Å². The summed E-state index contributed by atoms with van der Waals surface area (Å²) in [5, 5.41) is 7.77. The van der Waals surface area contributed by atoms with Crippen molar-refractivity contribution in [3.8, 4) is 0 Å². The molecule has 0 bridgehead atoms. The molecule has 0 amide bonds. The highest BCUT2D eigenvalue weighted by atomic mass is 16.5. The third kappa shape index (κ3) is 4.02. The number of nitrogens with one attached hydrogen (secondary N) is 1. The molecule has 3 aromatic rings. The average molecular weight is 409 g/mol.